The Kier molecular flexibility index (Phi) is 5.25. The SMILES string of the molecule is CCCc1nc(Cl)c(C)c(NCC2(CC)CCCC2)n1. The Morgan fingerprint density at radius 3 is 2.50 bits per heavy atom. The van der Waals surface area contributed by atoms with Crippen molar-refractivity contribution in [3.05, 3.63) is 16.5 Å². The average Bonchev–Trinajstić information content (AvgIpc) is 2.91. The van der Waals surface area contributed by atoms with E-state index in [9.17, 15) is 0 Å². The Morgan fingerprint density at radius 2 is 1.90 bits per heavy atom. The molecule has 1 aromatic heterocycles. The molecule has 1 saturated carbocycles. The van der Waals surface area contributed by atoms with E-state index in [1.165, 1.54) is 32.1 Å². The number of anilines is 1. The summed E-state index contributed by atoms with van der Waals surface area (Å²) in [6.45, 7) is 7.43. The third kappa shape index (κ3) is 3.43. The Morgan fingerprint density at radius 1 is 1.20 bits per heavy atom. The van der Waals surface area contributed by atoms with Crippen LogP contribution in [0.1, 0.15) is 63.8 Å². The molecule has 0 aliphatic heterocycles. The molecule has 1 aliphatic carbocycles. The van der Waals surface area contributed by atoms with Crippen LogP contribution in [0.4, 0.5) is 5.82 Å². The average molecular weight is 296 g/mol. The standard InChI is InChI=1S/C16H26ClN3/c1-4-8-13-19-14(17)12(3)15(20-13)18-11-16(5-2)9-6-7-10-16/h4-11H2,1-3H3,(H,18,19,20). The molecule has 0 aromatic carbocycles. The molecule has 0 amide bonds. The summed E-state index contributed by atoms with van der Waals surface area (Å²) in [6.07, 6.45) is 8.54. The van der Waals surface area contributed by atoms with E-state index in [1.807, 2.05) is 6.92 Å². The van der Waals surface area contributed by atoms with Crippen LogP contribution in [0.3, 0.4) is 0 Å². The molecular formula is C16H26ClN3. The number of nitrogens with one attached hydrogen (secondary N) is 1. The zero-order valence-electron chi connectivity index (χ0n) is 12.9. The van der Waals surface area contributed by atoms with E-state index in [0.29, 0.717) is 10.6 Å². The fraction of sp³-hybridized carbons (Fsp3) is 0.750. The highest BCUT2D eigenvalue weighted by Crippen LogP contribution is 2.41. The molecule has 2 rings (SSSR count). The van der Waals surface area contributed by atoms with Crippen LogP contribution in [0.25, 0.3) is 0 Å². The van der Waals surface area contributed by atoms with Crippen LogP contribution in [0.15, 0.2) is 0 Å². The predicted molar refractivity (Wildman–Crippen MR) is 85.5 cm³/mol. The smallest absolute Gasteiger partial charge is 0.137 e. The van der Waals surface area contributed by atoms with Crippen molar-refractivity contribution in [2.45, 2.75) is 65.7 Å². The summed E-state index contributed by atoms with van der Waals surface area (Å²) in [5.41, 5.74) is 1.42. The fourth-order valence-corrected chi connectivity index (χ4v) is 3.28. The molecule has 112 valence electrons. The zero-order chi connectivity index (χ0) is 14.6. The lowest BCUT2D eigenvalue weighted by molar-refractivity contribution is 0.306. The maximum Gasteiger partial charge on any atom is 0.137 e. The highest BCUT2D eigenvalue weighted by atomic mass is 35.5. The van der Waals surface area contributed by atoms with Crippen molar-refractivity contribution in [3.63, 3.8) is 0 Å². The zero-order valence-corrected chi connectivity index (χ0v) is 13.7. The number of aryl methyl sites for hydroxylation is 1. The van der Waals surface area contributed by atoms with E-state index in [4.69, 9.17) is 11.6 Å². The number of halogens is 1. The topological polar surface area (TPSA) is 37.8 Å². The predicted octanol–water partition coefficient (Wildman–Crippen LogP) is 4.77. The quantitative estimate of drug-likeness (QED) is 0.768. The van der Waals surface area contributed by atoms with Crippen molar-refractivity contribution in [1.82, 2.24) is 9.97 Å². The third-order valence-electron chi connectivity index (χ3n) is 4.65. The molecule has 1 fully saturated rings. The summed E-state index contributed by atoms with van der Waals surface area (Å²) in [7, 11) is 0. The Hall–Kier alpha value is -0.830. The van der Waals surface area contributed by atoms with Crippen molar-refractivity contribution in [2.75, 3.05) is 11.9 Å². The molecular weight excluding hydrogens is 270 g/mol. The van der Waals surface area contributed by atoms with Crippen LogP contribution in [-0.2, 0) is 6.42 Å². The lowest BCUT2D eigenvalue weighted by Gasteiger charge is -2.28. The molecule has 1 N–H and O–H groups in total. The molecule has 1 aromatic rings. The van der Waals surface area contributed by atoms with E-state index in [1.54, 1.807) is 0 Å². The van der Waals surface area contributed by atoms with Gasteiger partial charge in [0.1, 0.15) is 16.8 Å². The van der Waals surface area contributed by atoms with Crippen molar-refractivity contribution in [3.8, 4) is 0 Å². The first-order valence-corrected chi connectivity index (χ1v) is 8.25. The van der Waals surface area contributed by atoms with Gasteiger partial charge in [-0.05, 0) is 38.0 Å². The van der Waals surface area contributed by atoms with Crippen molar-refractivity contribution in [2.24, 2.45) is 5.41 Å². The van der Waals surface area contributed by atoms with Gasteiger partial charge >= 0.3 is 0 Å². The molecule has 20 heavy (non-hydrogen) atoms. The first-order chi connectivity index (χ1) is 9.60. The second kappa shape index (κ2) is 6.75. The highest BCUT2D eigenvalue weighted by molar-refractivity contribution is 6.30. The van der Waals surface area contributed by atoms with Crippen LogP contribution < -0.4 is 5.32 Å². The lowest BCUT2D eigenvalue weighted by atomic mass is 9.83. The first-order valence-electron chi connectivity index (χ1n) is 7.87. The second-order valence-electron chi connectivity index (χ2n) is 6.07. The van der Waals surface area contributed by atoms with Crippen molar-refractivity contribution >= 4 is 17.4 Å². The minimum absolute atomic E-state index is 0.453. The molecule has 0 spiro atoms. The summed E-state index contributed by atoms with van der Waals surface area (Å²) in [6, 6.07) is 0. The van der Waals surface area contributed by atoms with Gasteiger partial charge in [0.2, 0.25) is 0 Å². The largest absolute Gasteiger partial charge is 0.369 e. The van der Waals surface area contributed by atoms with Gasteiger partial charge < -0.3 is 5.32 Å². The summed E-state index contributed by atoms with van der Waals surface area (Å²) < 4.78 is 0. The van der Waals surface area contributed by atoms with Crippen LogP contribution >= 0.6 is 11.6 Å². The van der Waals surface area contributed by atoms with E-state index in [2.05, 4.69) is 29.1 Å². The molecule has 0 saturated heterocycles. The number of aromatic nitrogens is 2. The summed E-state index contributed by atoms with van der Waals surface area (Å²) in [5.74, 6) is 1.77. The number of hydrogen-bond acceptors (Lipinski definition) is 3. The van der Waals surface area contributed by atoms with Gasteiger partial charge in [-0.2, -0.15) is 0 Å². The molecule has 0 bridgehead atoms. The molecule has 3 nitrogen and oxygen atoms in total. The van der Waals surface area contributed by atoms with E-state index in [0.717, 1.165) is 36.6 Å². The minimum Gasteiger partial charge on any atom is -0.369 e. The Balaban J connectivity index is 2.12. The minimum atomic E-state index is 0.453. The van der Waals surface area contributed by atoms with Crippen molar-refractivity contribution in [1.29, 1.82) is 0 Å². The summed E-state index contributed by atoms with van der Waals surface area (Å²) in [4.78, 5) is 9.00. The van der Waals surface area contributed by atoms with Gasteiger partial charge in [0.25, 0.3) is 0 Å². The van der Waals surface area contributed by atoms with Crippen LogP contribution in [0.5, 0.6) is 0 Å². The monoisotopic (exact) mass is 295 g/mol. The van der Waals surface area contributed by atoms with Gasteiger partial charge in [0.15, 0.2) is 0 Å². The van der Waals surface area contributed by atoms with E-state index >= 15 is 0 Å². The summed E-state index contributed by atoms with van der Waals surface area (Å²) in [5, 5.41) is 4.14. The molecule has 1 aliphatic rings. The van der Waals surface area contributed by atoms with Gasteiger partial charge in [-0.25, -0.2) is 9.97 Å². The van der Waals surface area contributed by atoms with Gasteiger partial charge in [0.05, 0.1) is 0 Å². The molecule has 1 heterocycles. The van der Waals surface area contributed by atoms with Crippen LogP contribution in [-0.4, -0.2) is 16.5 Å². The first kappa shape index (κ1) is 15.6. The molecule has 4 heteroatoms. The highest BCUT2D eigenvalue weighted by Gasteiger charge is 2.31. The van der Waals surface area contributed by atoms with Crippen LogP contribution in [0.2, 0.25) is 5.15 Å². The third-order valence-corrected chi connectivity index (χ3v) is 5.02. The number of rotatable bonds is 6. The Labute approximate surface area is 127 Å². The maximum absolute atomic E-state index is 6.23. The Bertz CT molecular complexity index is 453. The lowest BCUT2D eigenvalue weighted by Crippen LogP contribution is -2.26. The number of nitrogens with zero attached hydrogens (tertiary/aromatic N) is 2. The van der Waals surface area contributed by atoms with Gasteiger partial charge in [-0.15, -0.1) is 0 Å². The molecule has 0 unspecified atom stereocenters. The van der Waals surface area contributed by atoms with Crippen LogP contribution in [0, 0.1) is 12.3 Å². The normalized spacial score (nSPS) is 17.4. The van der Waals surface area contributed by atoms with Gasteiger partial charge in [-0.1, -0.05) is 38.3 Å². The molecule has 0 radical (unpaired) electrons. The fourth-order valence-electron chi connectivity index (χ4n) is 3.09. The maximum atomic E-state index is 6.23. The molecule has 0 atom stereocenters. The number of hydrogen-bond donors (Lipinski definition) is 1. The van der Waals surface area contributed by atoms with Gasteiger partial charge in [-0.3, -0.25) is 0 Å². The van der Waals surface area contributed by atoms with E-state index in [-0.39, 0.29) is 0 Å². The van der Waals surface area contributed by atoms with Gasteiger partial charge in [0, 0.05) is 18.5 Å². The summed E-state index contributed by atoms with van der Waals surface area (Å²) >= 11 is 6.23. The van der Waals surface area contributed by atoms with E-state index < -0.39 is 0 Å². The second-order valence-corrected chi connectivity index (χ2v) is 6.43. The van der Waals surface area contributed by atoms with Crippen molar-refractivity contribution < 1.29 is 0 Å².